The zero-order chi connectivity index (χ0) is 13.6. The van der Waals surface area contributed by atoms with E-state index in [1.807, 2.05) is 0 Å². The fourth-order valence-corrected chi connectivity index (χ4v) is 6.75. The molecule has 0 bridgehead atoms. The molecule has 0 atom stereocenters. The Bertz CT molecular complexity index is 434. The van der Waals surface area contributed by atoms with Gasteiger partial charge < -0.3 is 4.43 Å². The third-order valence-electron chi connectivity index (χ3n) is 3.47. The predicted octanol–water partition coefficient (Wildman–Crippen LogP) is 3.19. The number of benzene rings is 2. The molecule has 2 aromatic carbocycles. The molecule has 1 nitrogen and oxygen atoms in total. The highest BCUT2D eigenvalue weighted by Gasteiger charge is 2.37. The summed E-state index contributed by atoms with van der Waals surface area (Å²) in [6.45, 7) is 5.12. The summed E-state index contributed by atoms with van der Waals surface area (Å²) in [7, 11) is -2.05. The van der Waals surface area contributed by atoms with Gasteiger partial charge in [-0.3, -0.25) is 0 Å². The van der Waals surface area contributed by atoms with Gasteiger partial charge >= 0.3 is 0 Å². The fraction of sp³-hybridized carbons (Fsp3) is 0.294. The van der Waals surface area contributed by atoms with E-state index >= 15 is 0 Å². The molecular weight excluding hydrogens is 248 g/mol. The van der Waals surface area contributed by atoms with Crippen molar-refractivity contribution in [3.05, 3.63) is 60.7 Å². The Morgan fingerprint density at radius 2 is 1.26 bits per heavy atom. The standard InChI is InChI=1S/C17H22OSi/c1-3-15-19(18-4-2,16-11-7-5-8-12-16)17-13-9-6-10-14-17/h5-14H,3-4,15H2,1-2H3. The van der Waals surface area contributed by atoms with E-state index < -0.39 is 8.32 Å². The summed E-state index contributed by atoms with van der Waals surface area (Å²) in [5, 5.41) is 2.76. The average Bonchev–Trinajstić information content (AvgIpc) is 2.49. The lowest BCUT2D eigenvalue weighted by atomic mass is 10.4. The highest BCUT2D eigenvalue weighted by atomic mass is 28.4. The fourth-order valence-electron chi connectivity index (χ4n) is 2.71. The first-order chi connectivity index (χ1) is 9.33. The highest BCUT2D eigenvalue weighted by molar-refractivity contribution is 6.97. The first kappa shape index (κ1) is 14.0. The van der Waals surface area contributed by atoms with Gasteiger partial charge in [-0.25, -0.2) is 0 Å². The molecule has 0 amide bonds. The molecule has 0 unspecified atom stereocenters. The first-order valence-corrected chi connectivity index (χ1v) is 9.20. The molecule has 2 rings (SSSR count). The Hall–Kier alpha value is -1.38. The van der Waals surface area contributed by atoms with E-state index in [4.69, 9.17) is 4.43 Å². The second-order valence-corrected chi connectivity index (χ2v) is 8.34. The van der Waals surface area contributed by atoms with Crippen LogP contribution < -0.4 is 10.4 Å². The van der Waals surface area contributed by atoms with E-state index in [1.54, 1.807) is 0 Å². The molecule has 0 aromatic heterocycles. The molecule has 19 heavy (non-hydrogen) atoms. The minimum absolute atomic E-state index is 0.774. The molecule has 0 heterocycles. The van der Waals surface area contributed by atoms with Crippen molar-refractivity contribution in [2.45, 2.75) is 26.3 Å². The third kappa shape index (κ3) is 2.96. The number of hydrogen-bond donors (Lipinski definition) is 0. The van der Waals surface area contributed by atoms with E-state index in [0.29, 0.717) is 0 Å². The molecule has 2 heteroatoms. The summed E-state index contributed by atoms with van der Waals surface area (Å²) >= 11 is 0. The van der Waals surface area contributed by atoms with Crippen molar-refractivity contribution in [3.8, 4) is 0 Å². The average molecular weight is 270 g/mol. The van der Waals surface area contributed by atoms with Crippen LogP contribution in [0.1, 0.15) is 20.3 Å². The lowest BCUT2D eigenvalue weighted by molar-refractivity contribution is 0.338. The van der Waals surface area contributed by atoms with Crippen LogP contribution in [0.4, 0.5) is 0 Å². The molecule has 0 saturated heterocycles. The van der Waals surface area contributed by atoms with Crippen molar-refractivity contribution in [1.29, 1.82) is 0 Å². The molecule has 0 fully saturated rings. The van der Waals surface area contributed by atoms with Gasteiger partial charge in [-0.15, -0.1) is 0 Å². The van der Waals surface area contributed by atoms with Crippen molar-refractivity contribution in [3.63, 3.8) is 0 Å². The summed E-state index contributed by atoms with van der Waals surface area (Å²) in [6.07, 6.45) is 1.15. The van der Waals surface area contributed by atoms with Crippen LogP contribution in [-0.2, 0) is 4.43 Å². The molecule has 0 aliphatic rings. The van der Waals surface area contributed by atoms with Crippen molar-refractivity contribution >= 4 is 18.7 Å². The normalized spacial score (nSPS) is 11.5. The smallest absolute Gasteiger partial charge is 0.255 e. The largest absolute Gasteiger partial charge is 0.408 e. The minimum atomic E-state index is -2.05. The highest BCUT2D eigenvalue weighted by Crippen LogP contribution is 2.15. The van der Waals surface area contributed by atoms with Crippen LogP contribution in [0.2, 0.25) is 6.04 Å². The van der Waals surface area contributed by atoms with Gasteiger partial charge in [0.15, 0.2) is 0 Å². The van der Waals surface area contributed by atoms with Gasteiger partial charge in [-0.05, 0) is 23.3 Å². The van der Waals surface area contributed by atoms with Crippen molar-refractivity contribution in [1.82, 2.24) is 0 Å². The van der Waals surface area contributed by atoms with Crippen molar-refractivity contribution in [2.24, 2.45) is 0 Å². The van der Waals surface area contributed by atoms with Crippen LogP contribution in [0.5, 0.6) is 0 Å². The number of hydrogen-bond acceptors (Lipinski definition) is 1. The van der Waals surface area contributed by atoms with Crippen molar-refractivity contribution in [2.75, 3.05) is 6.61 Å². The van der Waals surface area contributed by atoms with Gasteiger partial charge in [-0.2, -0.15) is 0 Å². The Morgan fingerprint density at radius 1 is 0.789 bits per heavy atom. The minimum Gasteiger partial charge on any atom is -0.408 e. The summed E-state index contributed by atoms with van der Waals surface area (Å²) in [5.74, 6) is 0. The molecule has 0 aliphatic heterocycles. The lowest BCUT2D eigenvalue weighted by Crippen LogP contribution is -2.60. The van der Waals surface area contributed by atoms with E-state index in [2.05, 4.69) is 74.5 Å². The van der Waals surface area contributed by atoms with Crippen LogP contribution in [-0.4, -0.2) is 14.9 Å². The second kappa shape index (κ2) is 6.69. The van der Waals surface area contributed by atoms with E-state index in [0.717, 1.165) is 19.1 Å². The zero-order valence-electron chi connectivity index (χ0n) is 11.8. The molecule has 0 radical (unpaired) electrons. The topological polar surface area (TPSA) is 9.23 Å². The van der Waals surface area contributed by atoms with Crippen LogP contribution in [0.25, 0.3) is 0 Å². The third-order valence-corrected chi connectivity index (χ3v) is 7.99. The van der Waals surface area contributed by atoms with Crippen molar-refractivity contribution < 1.29 is 4.43 Å². The van der Waals surface area contributed by atoms with Gasteiger partial charge in [0, 0.05) is 6.61 Å². The maximum absolute atomic E-state index is 6.38. The maximum atomic E-state index is 6.38. The Labute approximate surface area is 117 Å². The predicted molar refractivity (Wildman–Crippen MR) is 84.6 cm³/mol. The van der Waals surface area contributed by atoms with Crippen LogP contribution in [0, 0.1) is 0 Å². The molecule has 2 aromatic rings. The molecular formula is C17H22OSi. The van der Waals surface area contributed by atoms with Gasteiger partial charge in [-0.1, -0.05) is 74.0 Å². The zero-order valence-corrected chi connectivity index (χ0v) is 12.8. The molecule has 0 N–H and O–H groups in total. The Balaban J connectivity index is 2.54. The van der Waals surface area contributed by atoms with Gasteiger partial charge in [0.25, 0.3) is 8.32 Å². The number of rotatable bonds is 6. The Morgan fingerprint density at radius 3 is 1.63 bits per heavy atom. The molecule has 0 aliphatic carbocycles. The summed E-state index contributed by atoms with van der Waals surface area (Å²) in [4.78, 5) is 0. The molecule has 0 spiro atoms. The van der Waals surface area contributed by atoms with E-state index in [-0.39, 0.29) is 0 Å². The SMILES string of the molecule is CCC[Si](OCC)(c1ccccc1)c1ccccc1. The van der Waals surface area contributed by atoms with Crippen LogP contribution >= 0.6 is 0 Å². The first-order valence-electron chi connectivity index (χ1n) is 7.08. The summed E-state index contributed by atoms with van der Waals surface area (Å²) < 4.78 is 6.38. The van der Waals surface area contributed by atoms with Crippen LogP contribution in [0.15, 0.2) is 60.7 Å². The summed E-state index contributed by atoms with van der Waals surface area (Å²) in [6, 6.07) is 22.7. The van der Waals surface area contributed by atoms with Gasteiger partial charge in [0.2, 0.25) is 0 Å². The Kier molecular flexibility index (Phi) is 4.94. The van der Waals surface area contributed by atoms with Gasteiger partial charge in [0.05, 0.1) is 0 Å². The summed E-state index contributed by atoms with van der Waals surface area (Å²) in [5.41, 5.74) is 0. The maximum Gasteiger partial charge on any atom is 0.255 e. The van der Waals surface area contributed by atoms with E-state index in [9.17, 15) is 0 Å². The van der Waals surface area contributed by atoms with Gasteiger partial charge in [0.1, 0.15) is 0 Å². The molecule has 100 valence electrons. The van der Waals surface area contributed by atoms with Crippen LogP contribution in [0.3, 0.4) is 0 Å². The van der Waals surface area contributed by atoms with E-state index in [1.165, 1.54) is 10.4 Å². The quantitative estimate of drug-likeness (QED) is 0.733. The lowest BCUT2D eigenvalue weighted by Gasteiger charge is -2.31. The second-order valence-electron chi connectivity index (χ2n) is 4.74. The molecule has 0 saturated carbocycles. The monoisotopic (exact) mass is 270 g/mol.